The van der Waals surface area contributed by atoms with E-state index in [0.717, 1.165) is 11.5 Å². The molecular formula is C34H28BNO. The van der Waals surface area contributed by atoms with Crippen LogP contribution in [-0.2, 0) is 0 Å². The summed E-state index contributed by atoms with van der Waals surface area (Å²) in [5.41, 5.74) is 15.0. The first-order chi connectivity index (χ1) is 18.0. The van der Waals surface area contributed by atoms with Crippen LogP contribution in [0.5, 0.6) is 11.5 Å². The third kappa shape index (κ3) is 3.42. The maximum atomic E-state index is 6.67. The number of ether oxygens (including phenoxy) is 1. The van der Waals surface area contributed by atoms with Crippen LogP contribution in [0.15, 0.2) is 97.1 Å². The fourth-order valence-corrected chi connectivity index (χ4v) is 6.36. The summed E-state index contributed by atoms with van der Waals surface area (Å²) in [4.78, 5) is 2.44. The van der Waals surface area contributed by atoms with Gasteiger partial charge in [0.15, 0.2) is 0 Å². The molecule has 0 saturated carbocycles. The van der Waals surface area contributed by atoms with Gasteiger partial charge in [-0.2, -0.15) is 0 Å². The molecule has 0 aliphatic carbocycles. The lowest BCUT2D eigenvalue weighted by atomic mass is 9.33. The number of rotatable bonds is 2. The van der Waals surface area contributed by atoms with E-state index in [1.165, 1.54) is 66.8 Å². The van der Waals surface area contributed by atoms with Crippen molar-refractivity contribution in [3.63, 3.8) is 0 Å². The Hall–Kier alpha value is -4.24. The molecule has 0 radical (unpaired) electrons. The summed E-state index contributed by atoms with van der Waals surface area (Å²) in [5, 5.41) is 0. The molecule has 37 heavy (non-hydrogen) atoms. The Kier molecular flexibility index (Phi) is 4.84. The second-order valence-electron chi connectivity index (χ2n) is 10.5. The molecule has 0 fully saturated rings. The van der Waals surface area contributed by atoms with E-state index >= 15 is 0 Å². The lowest BCUT2D eigenvalue weighted by Crippen LogP contribution is -2.60. The van der Waals surface area contributed by atoms with Gasteiger partial charge in [-0.3, -0.25) is 0 Å². The second-order valence-corrected chi connectivity index (χ2v) is 10.5. The minimum Gasteiger partial charge on any atom is -0.458 e. The van der Waals surface area contributed by atoms with Gasteiger partial charge in [0.2, 0.25) is 0 Å². The largest absolute Gasteiger partial charge is 0.458 e. The molecule has 0 atom stereocenters. The molecule has 2 aliphatic heterocycles. The summed E-state index contributed by atoms with van der Waals surface area (Å²) in [6, 6.07) is 35.2. The number of nitrogens with zero attached hydrogens (tertiary/aromatic N) is 1. The molecule has 5 aromatic rings. The average Bonchev–Trinajstić information content (AvgIpc) is 2.88. The van der Waals surface area contributed by atoms with Gasteiger partial charge in [-0.15, -0.1) is 0 Å². The van der Waals surface area contributed by atoms with Crippen molar-refractivity contribution in [2.45, 2.75) is 27.7 Å². The number of hydrogen-bond donors (Lipinski definition) is 0. The molecule has 2 nitrogen and oxygen atoms in total. The zero-order valence-corrected chi connectivity index (χ0v) is 21.7. The highest BCUT2D eigenvalue weighted by Gasteiger charge is 2.42. The van der Waals surface area contributed by atoms with E-state index in [1.54, 1.807) is 0 Å². The first-order valence-electron chi connectivity index (χ1n) is 13.0. The Morgan fingerprint density at radius 1 is 0.568 bits per heavy atom. The van der Waals surface area contributed by atoms with E-state index in [1.807, 2.05) is 0 Å². The van der Waals surface area contributed by atoms with Crippen molar-refractivity contribution < 1.29 is 4.74 Å². The van der Waals surface area contributed by atoms with Crippen LogP contribution < -0.4 is 26.0 Å². The first kappa shape index (κ1) is 22.0. The quantitative estimate of drug-likeness (QED) is 0.249. The normalized spacial score (nSPS) is 13.0. The Labute approximate surface area is 219 Å². The lowest BCUT2D eigenvalue weighted by Gasteiger charge is -2.41. The van der Waals surface area contributed by atoms with Crippen LogP contribution in [0.4, 0.5) is 17.1 Å². The molecule has 7 rings (SSSR count). The van der Waals surface area contributed by atoms with Gasteiger partial charge in [0.25, 0.3) is 6.71 Å². The van der Waals surface area contributed by atoms with Gasteiger partial charge in [-0.05, 0) is 108 Å². The third-order valence-electron chi connectivity index (χ3n) is 7.73. The van der Waals surface area contributed by atoms with E-state index < -0.39 is 0 Å². The highest BCUT2D eigenvalue weighted by Crippen LogP contribution is 2.42. The van der Waals surface area contributed by atoms with Crippen LogP contribution in [0.3, 0.4) is 0 Å². The number of aryl methyl sites for hydroxylation is 4. The molecule has 0 unspecified atom stereocenters. The molecule has 178 valence electrons. The van der Waals surface area contributed by atoms with Crippen molar-refractivity contribution in [3.8, 4) is 22.6 Å². The average molecular weight is 477 g/mol. The zero-order chi connectivity index (χ0) is 25.3. The van der Waals surface area contributed by atoms with Crippen molar-refractivity contribution in [1.82, 2.24) is 0 Å². The molecule has 0 aromatic heterocycles. The molecule has 0 N–H and O–H groups in total. The van der Waals surface area contributed by atoms with Crippen LogP contribution in [0.1, 0.15) is 22.3 Å². The summed E-state index contributed by atoms with van der Waals surface area (Å²) in [6.07, 6.45) is 0. The van der Waals surface area contributed by atoms with Gasteiger partial charge in [0.05, 0.1) is 0 Å². The van der Waals surface area contributed by atoms with E-state index in [4.69, 9.17) is 4.74 Å². The highest BCUT2D eigenvalue weighted by molar-refractivity contribution is 6.99. The summed E-state index contributed by atoms with van der Waals surface area (Å²) < 4.78 is 6.67. The SMILES string of the molecule is Cc1cc(C)cc(N2c3cc(C)cc(C)c3B3c4ccc(-c5ccccc5)cc4Oc4cccc2c43)c1. The summed E-state index contributed by atoms with van der Waals surface area (Å²) >= 11 is 0. The van der Waals surface area contributed by atoms with Crippen LogP contribution in [-0.4, -0.2) is 6.71 Å². The molecule has 0 spiro atoms. The molecule has 5 aromatic carbocycles. The summed E-state index contributed by atoms with van der Waals surface area (Å²) in [5.74, 6) is 1.89. The predicted octanol–water partition coefficient (Wildman–Crippen LogP) is 6.99. The molecule has 2 aliphatic rings. The maximum Gasteiger partial charge on any atom is 0.256 e. The molecule has 2 heterocycles. The van der Waals surface area contributed by atoms with Gasteiger partial charge in [0, 0.05) is 17.1 Å². The molecule has 0 saturated heterocycles. The van der Waals surface area contributed by atoms with Crippen LogP contribution in [0.2, 0.25) is 0 Å². The topological polar surface area (TPSA) is 12.5 Å². The standard InChI is InChI=1S/C34H28BNO/c1-21-15-22(2)18-27(17-21)36-29-11-8-12-31-34(29)35(33-24(4)16-23(3)19-30(33)36)28-14-13-26(20-32(28)37-31)25-9-6-5-7-10-25/h5-20H,1-4H3. The predicted molar refractivity (Wildman–Crippen MR) is 157 cm³/mol. The molecule has 0 amide bonds. The number of benzene rings is 5. The summed E-state index contributed by atoms with van der Waals surface area (Å²) in [7, 11) is 0. The van der Waals surface area contributed by atoms with Gasteiger partial charge in [0.1, 0.15) is 11.5 Å². The fraction of sp³-hybridized carbons (Fsp3) is 0.118. The van der Waals surface area contributed by atoms with E-state index in [9.17, 15) is 0 Å². The molecular weight excluding hydrogens is 449 g/mol. The van der Waals surface area contributed by atoms with Crippen LogP contribution in [0, 0.1) is 27.7 Å². The van der Waals surface area contributed by atoms with Gasteiger partial charge < -0.3 is 9.64 Å². The lowest BCUT2D eigenvalue weighted by molar-refractivity contribution is 0.488. The number of fused-ring (bicyclic) bond motifs is 4. The monoisotopic (exact) mass is 477 g/mol. The van der Waals surface area contributed by atoms with Gasteiger partial charge in [-0.25, -0.2) is 0 Å². The minimum atomic E-state index is 0.123. The van der Waals surface area contributed by atoms with Crippen molar-refractivity contribution in [1.29, 1.82) is 0 Å². The smallest absolute Gasteiger partial charge is 0.256 e. The number of anilines is 3. The molecule has 0 bridgehead atoms. The first-order valence-corrected chi connectivity index (χ1v) is 13.0. The Bertz CT molecular complexity index is 1690. The number of hydrogen-bond acceptors (Lipinski definition) is 2. The van der Waals surface area contributed by atoms with Crippen LogP contribution in [0.25, 0.3) is 11.1 Å². The van der Waals surface area contributed by atoms with Gasteiger partial charge >= 0.3 is 0 Å². The Morgan fingerprint density at radius 2 is 1.32 bits per heavy atom. The Morgan fingerprint density at radius 3 is 2.11 bits per heavy atom. The third-order valence-corrected chi connectivity index (χ3v) is 7.73. The second kappa shape index (κ2) is 8.14. The molecule has 3 heteroatoms. The van der Waals surface area contributed by atoms with Crippen molar-refractivity contribution in [2.24, 2.45) is 0 Å². The van der Waals surface area contributed by atoms with Crippen molar-refractivity contribution in [2.75, 3.05) is 4.90 Å². The zero-order valence-electron chi connectivity index (χ0n) is 21.7. The van der Waals surface area contributed by atoms with Crippen LogP contribution >= 0.6 is 0 Å². The van der Waals surface area contributed by atoms with E-state index in [0.29, 0.717) is 0 Å². The van der Waals surface area contributed by atoms with Crippen molar-refractivity contribution in [3.05, 3.63) is 119 Å². The maximum absolute atomic E-state index is 6.67. The van der Waals surface area contributed by atoms with E-state index in [-0.39, 0.29) is 6.71 Å². The van der Waals surface area contributed by atoms with E-state index in [2.05, 4.69) is 130 Å². The minimum absolute atomic E-state index is 0.123. The van der Waals surface area contributed by atoms with Gasteiger partial charge in [-0.1, -0.05) is 66.2 Å². The summed E-state index contributed by atoms with van der Waals surface area (Å²) in [6.45, 7) is 8.93. The fourth-order valence-electron chi connectivity index (χ4n) is 6.36. The highest BCUT2D eigenvalue weighted by atomic mass is 16.5. The Balaban J connectivity index is 1.50. The van der Waals surface area contributed by atoms with Crippen molar-refractivity contribution >= 4 is 40.2 Å².